The van der Waals surface area contributed by atoms with Crippen molar-refractivity contribution in [3.63, 3.8) is 0 Å². The van der Waals surface area contributed by atoms with Crippen LogP contribution in [0.1, 0.15) is 22.3 Å². The molecule has 3 aromatic rings. The van der Waals surface area contributed by atoms with E-state index in [1.165, 1.54) is 15.6 Å². The number of rotatable bonds is 4. The van der Waals surface area contributed by atoms with E-state index in [0.717, 1.165) is 18.4 Å². The molecule has 1 aliphatic heterocycles. The Hall–Kier alpha value is -2.64. The molecule has 1 N–H and O–H groups in total. The minimum Gasteiger partial charge on any atom is -0.322 e. The fraction of sp³-hybridized carbons (Fsp3) is 0.150. The lowest BCUT2D eigenvalue weighted by molar-refractivity contribution is 0.102. The average Bonchev–Trinajstić information content (AvgIpc) is 3.23. The Morgan fingerprint density at radius 3 is 2.63 bits per heavy atom. The first-order valence-corrected chi connectivity index (χ1v) is 11.0. The number of hydrogen-bond donors (Lipinski definition) is 1. The number of benzene rings is 2. The van der Waals surface area contributed by atoms with Crippen LogP contribution in [0, 0.1) is 0 Å². The second-order valence-electron chi connectivity index (χ2n) is 6.30. The zero-order valence-electron chi connectivity index (χ0n) is 14.5. The summed E-state index contributed by atoms with van der Waals surface area (Å²) in [4.78, 5) is 12.5. The van der Waals surface area contributed by atoms with Crippen LogP contribution in [0.4, 0.5) is 11.4 Å². The van der Waals surface area contributed by atoms with Gasteiger partial charge >= 0.3 is 0 Å². The van der Waals surface area contributed by atoms with Crippen LogP contribution in [0.5, 0.6) is 0 Å². The molecule has 7 heteroatoms. The average molecular weight is 399 g/mol. The van der Waals surface area contributed by atoms with Crippen LogP contribution in [-0.2, 0) is 16.4 Å². The van der Waals surface area contributed by atoms with Crippen molar-refractivity contribution in [1.82, 2.24) is 0 Å². The minimum absolute atomic E-state index is 0.166. The van der Waals surface area contributed by atoms with Gasteiger partial charge in [0.2, 0.25) is 0 Å². The van der Waals surface area contributed by atoms with E-state index in [2.05, 4.69) is 5.32 Å². The van der Waals surface area contributed by atoms with Gasteiger partial charge in [0.25, 0.3) is 15.9 Å². The van der Waals surface area contributed by atoms with E-state index in [0.29, 0.717) is 23.5 Å². The molecule has 0 radical (unpaired) electrons. The Labute approximate surface area is 162 Å². The molecule has 0 spiro atoms. The molecule has 0 saturated carbocycles. The molecule has 4 rings (SSSR count). The third-order valence-corrected chi connectivity index (χ3v) is 7.04. The fourth-order valence-electron chi connectivity index (χ4n) is 3.21. The first-order chi connectivity index (χ1) is 13.1. The van der Waals surface area contributed by atoms with Crippen molar-refractivity contribution < 1.29 is 13.2 Å². The number of aryl methyl sites for hydroxylation is 1. The van der Waals surface area contributed by atoms with Crippen LogP contribution in [0.25, 0.3) is 0 Å². The quantitative estimate of drug-likeness (QED) is 0.718. The first kappa shape index (κ1) is 17.8. The Morgan fingerprint density at radius 1 is 1.07 bits per heavy atom. The van der Waals surface area contributed by atoms with E-state index in [1.807, 2.05) is 11.4 Å². The number of carbonyl (C=O) groups excluding carboxylic acids is 1. The molecule has 1 aromatic heterocycles. The monoisotopic (exact) mass is 398 g/mol. The van der Waals surface area contributed by atoms with Crippen LogP contribution in [0.15, 0.2) is 70.3 Å². The van der Waals surface area contributed by atoms with Gasteiger partial charge in [-0.2, -0.15) is 11.3 Å². The lowest BCUT2D eigenvalue weighted by atomic mass is 10.0. The minimum atomic E-state index is -3.60. The highest BCUT2D eigenvalue weighted by molar-refractivity contribution is 7.92. The predicted molar refractivity (Wildman–Crippen MR) is 108 cm³/mol. The van der Waals surface area contributed by atoms with Crippen LogP contribution in [0.3, 0.4) is 0 Å². The molecule has 0 fully saturated rings. The first-order valence-electron chi connectivity index (χ1n) is 8.60. The second kappa shape index (κ2) is 7.17. The zero-order chi connectivity index (χ0) is 18.9. The highest BCUT2D eigenvalue weighted by atomic mass is 32.2. The standard InChI is InChI=1S/C20H18N2O3S2/c23-20(16-10-12-26-14-16)21-17-8-9-19-15(13-17)5-4-11-22(19)27(24,25)18-6-2-1-3-7-18/h1-3,6-10,12-14H,4-5,11H2,(H,21,23). The summed E-state index contributed by atoms with van der Waals surface area (Å²) >= 11 is 1.47. The molecule has 0 bridgehead atoms. The number of hydrogen-bond acceptors (Lipinski definition) is 4. The Morgan fingerprint density at radius 2 is 1.89 bits per heavy atom. The maximum Gasteiger partial charge on any atom is 0.264 e. The van der Waals surface area contributed by atoms with Crippen molar-refractivity contribution in [3.05, 3.63) is 76.5 Å². The summed E-state index contributed by atoms with van der Waals surface area (Å²) in [5, 5.41) is 6.53. The molecule has 27 heavy (non-hydrogen) atoms. The lowest BCUT2D eigenvalue weighted by Gasteiger charge is -2.30. The van der Waals surface area contributed by atoms with Gasteiger partial charge in [-0.1, -0.05) is 18.2 Å². The van der Waals surface area contributed by atoms with Crippen molar-refractivity contribution in [2.45, 2.75) is 17.7 Å². The summed E-state index contributed by atoms with van der Waals surface area (Å²) in [5.74, 6) is -0.166. The highest BCUT2D eigenvalue weighted by Gasteiger charge is 2.29. The summed E-state index contributed by atoms with van der Waals surface area (Å²) in [5.41, 5.74) is 2.89. The number of amides is 1. The molecular formula is C20H18N2O3S2. The van der Waals surface area contributed by atoms with Gasteiger partial charge in [-0.3, -0.25) is 9.10 Å². The maximum absolute atomic E-state index is 13.0. The summed E-state index contributed by atoms with van der Waals surface area (Å²) in [6.45, 7) is 0.449. The van der Waals surface area contributed by atoms with E-state index in [1.54, 1.807) is 53.9 Å². The van der Waals surface area contributed by atoms with Crippen LogP contribution in [0.2, 0.25) is 0 Å². The van der Waals surface area contributed by atoms with Crippen molar-refractivity contribution in [3.8, 4) is 0 Å². The Balaban J connectivity index is 1.63. The van der Waals surface area contributed by atoms with Crippen molar-refractivity contribution in [1.29, 1.82) is 0 Å². The van der Waals surface area contributed by atoms with Gasteiger partial charge in [0.15, 0.2) is 0 Å². The molecule has 0 unspecified atom stereocenters. The summed E-state index contributed by atoms with van der Waals surface area (Å²) < 4.78 is 27.5. The zero-order valence-corrected chi connectivity index (χ0v) is 16.1. The van der Waals surface area contributed by atoms with Crippen molar-refractivity contribution >= 4 is 38.6 Å². The number of anilines is 2. The highest BCUT2D eigenvalue weighted by Crippen LogP contribution is 2.33. The number of thiophene rings is 1. The second-order valence-corrected chi connectivity index (χ2v) is 8.95. The summed E-state index contributed by atoms with van der Waals surface area (Å²) in [7, 11) is -3.60. The largest absolute Gasteiger partial charge is 0.322 e. The van der Waals surface area contributed by atoms with Crippen molar-refractivity contribution in [2.24, 2.45) is 0 Å². The van der Waals surface area contributed by atoms with E-state index in [9.17, 15) is 13.2 Å². The fourth-order valence-corrected chi connectivity index (χ4v) is 5.40. The molecule has 138 valence electrons. The van der Waals surface area contributed by atoms with Crippen LogP contribution >= 0.6 is 11.3 Å². The number of fused-ring (bicyclic) bond motifs is 1. The summed E-state index contributed by atoms with van der Waals surface area (Å²) in [6, 6.07) is 15.6. The molecule has 5 nitrogen and oxygen atoms in total. The van der Waals surface area contributed by atoms with Crippen LogP contribution in [-0.4, -0.2) is 20.9 Å². The Kier molecular flexibility index (Phi) is 4.72. The van der Waals surface area contributed by atoms with E-state index < -0.39 is 10.0 Å². The molecule has 2 aromatic carbocycles. The van der Waals surface area contributed by atoms with Gasteiger partial charge in [0, 0.05) is 17.6 Å². The van der Waals surface area contributed by atoms with Gasteiger partial charge in [-0.15, -0.1) is 0 Å². The molecule has 0 saturated heterocycles. The Bertz CT molecular complexity index is 1060. The van der Waals surface area contributed by atoms with Gasteiger partial charge < -0.3 is 5.32 Å². The summed E-state index contributed by atoms with van der Waals surface area (Å²) in [6.07, 6.45) is 1.51. The molecule has 0 aliphatic carbocycles. The SMILES string of the molecule is O=C(Nc1ccc2c(c1)CCCN2S(=O)(=O)c1ccccc1)c1ccsc1. The topological polar surface area (TPSA) is 66.5 Å². The molecule has 1 aliphatic rings. The van der Waals surface area contributed by atoms with E-state index in [4.69, 9.17) is 0 Å². The van der Waals surface area contributed by atoms with E-state index >= 15 is 0 Å². The normalized spacial score (nSPS) is 13.9. The van der Waals surface area contributed by atoms with Crippen molar-refractivity contribution in [2.75, 3.05) is 16.2 Å². The number of carbonyl (C=O) groups is 1. The molecular weight excluding hydrogens is 380 g/mol. The van der Waals surface area contributed by atoms with Gasteiger partial charge in [-0.25, -0.2) is 8.42 Å². The number of nitrogens with one attached hydrogen (secondary N) is 1. The van der Waals surface area contributed by atoms with Gasteiger partial charge in [0.1, 0.15) is 0 Å². The van der Waals surface area contributed by atoms with E-state index in [-0.39, 0.29) is 10.8 Å². The smallest absolute Gasteiger partial charge is 0.264 e. The van der Waals surface area contributed by atoms with Gasteiger partial charge in [0.05, 0.1) is 16.1 Å². The third kappa shape index (κ3) is 3.48. The predicted octanol–water partition coefficient (Wildman–Crippen LogP) is 4.14. The number of sulfonamides is 1. The van der Waals surface area contributed by atoms with Crippen LogP contribution < -0.4 is 9.62 Å². The third-order valence-electron chi connectivity index (χ3n) is 4.53. The maximum atomic E-state index is 13.0. The molecule has 1 amide bonds. The van der Waals surface area contributed by atoms with Gasteiger partial charge in [-0.05, 0) is 60.2 Å². The molecule has 2 heterocycles. The molecule has 0 atom stereocenters. The lowest BCUT2D eigenvalue weighted by Crippen LogP contribution is -2.35. The number of nitrogens with zero attached hydrogens (tertiary/aromatic N) is 1.